The zero-order valence-electron chi connectivity index (χ0n) is 14.0. The number of aromatic nitrogens is 3. The zero-order valence-corrected chi connectivity index (χ0v) is 14.0. The number of fused-ring (bicyclic) bond motifs is 1. The number of pyridine rings is 1. The van der Waals surface area contributed by atoms with E-state index in [2.05, 4.69) is 15.0 Å². The third-order valence-corrected chi connectivity index (χ3v) is 4.58. The van der Waals surface area contributed by atoms with Gasteiger partial charge in [-0.1, -0.05) is 12.1 Å². The number of rotatable bonds is 3. The van der Waals surface area contributed by atoms with Gasteiger partial charge in [0, 0.05) is 26.2 Å². The molecule has 1 amide bonds. The van der Waals surface area contributed by atoms with Gasteiger partial charge in [0.05, 0.1) is 22.8 Å². The van der Waals surface area contributed by atoms with Crippen molar-refractivity contribution < 1.29 is 14.3 Å². The molecule has 0 bridgehead atoms. The van der Waals surface area contributed by atoms with E-state index in [-0.39, 0.29) is 5.91 Å². The minimum Gasteiger partial charge on any atom is -0.387 e. The number of imidazole rings is 1. The standard InChI is InChI=1S/C18H18FN5O2/c19-13-10-20-16(23-5-7-24(8-6-23)17(26)11-25)9-12(13)18-21-14-3-1-2-4-15(14)22-18/h1-4,9-10,25H,5-8,11H2,(H,21,22). The fraction of sp³-hybridized carbons (Fsp3) is 0.278. The lowest BCUT2D eigenvalue weighted by Crippen LogP contribution is -2.49. The van der Waals surface area contributed by atoms with Crippen LogP contribution in [-0.4, -0.2) is 63.7 Å². The summed E-state index contributed by atoms with van der Waals surface area (Å²) in [5.74, 6) is 0.376. The lowest BCUT2D eigenvalue weighted by Gasteiger charge is -2.35. The second kappa shape index (κ2) is 6.72. The van der Waals surface area contributed by atoms with Crippen molar-refractivity contribution in [3.8, 4) is 11.4 Å². The number of para-hydroxylation sites is 2. The summed E-state index contributed by atoms with van der Waals surface area (Å²) < 4.78 is 14.3. The largest absolute Gasteiger partial charge is 0.387 e. The number of hydrogen-bond acceptors (Lipinski definition) is 5. The molecular weight excluding hydrogens is 337 g/mol. The van der Waals surface area contributed by atoms with Gasteiger partial charge in [0.15, 0.2) is 5.82 Å². The van der Waals surface area contributed by atoms with Crippen molar-refractivity contribution in [2.24, 2.45) is 0 Å². The molecule has 1 aliphatic heterocycles. The first-order valence-electron chi connectivity index (χ1n) is 8.40. The van der Waals surface area contributed by atoms with Crippen molar-refractivity contribution in [3.63, 3.8) is 0 Å². The fourth-order valence-electron chi connectivity index (χ4n) is 3.15. The summed E-state index contributed by atoms with van der Waals surface area (Å²) in [4.78, 5) is 26.9. The highest BCUT2D eigenvalue weighted by Gasteiger charge is 2.22. The van der Waals surface area contributed by atoms with Gasteiger partial charge in [-0.15, -0.1) is 0 Å². The summed E-state index contributed by atoms with van der Waals surface area (Å²) in [5, 5.41) is 8.95. The first-order chi connectivity index (χ1) is 12.7. The molecule has 26 heavy (non-hydrogen) atoms. The first-order valence-corrected chi connectivity index (χ1v) is 8.40. The number of benzene rings is 1. The summed E-state index contributed by atoms with van der Waals surface area (Å²) in [7, 11) is 0. The van der Waals surface area contributed by atoms with Crippen LogP contribution in [-0.2, 0) is 4.79 Å². The maximum atomic E-state index is 14.3. The number of H-pyrrole nitrogens is 1. The van der Waals surface area contributed by atoms with E-state index in [1.165, 1.54) is 6.20 Å². The van der Waals surface area contributed by atoms with Crippen molar-refractivity contribution in [1.82, 2.24) is 19.9 Å². The molecule has 3 heterocycles. The van der Waals surface area contributed by atoms with E-state index < -0.39 is 12.4 Å². The van der Waals surface area contributed by atoms with Crippen LogP contribution in [0.2, 0.25) is 0 Å². The molecule has 0 atom stereocenters. The number of aromatic amines is 1. The Balaban J connectivity index is 1.60. The summed E-state index contributed by atoms with van der Waals surface area (Å²) in [5.41, 5.74) is 1.98. The van der Waals surface area contributed by atoms with Gasteiger partial charge in [-0.25, -0.2) is 14.4 Å². The predicted octanol–water partition coefficient (Wildman–Crippen LogP) is 1.40. The molecule has 2 N–H and O–H groups in total. The predicted molar refractivity (Wildman–Crippen MR) is 95.2 cm³/mol. The van der Waals surface area contributed by atoms with E-state index in [0.29, 0.717) is 43.4 Å². The lowest BCUT2D eigenvalue weighted by molar-refractivity contribution is -0.134. The molecule has 3 aromatic rings. The molecule has 1 saturated heterocycles. The van der Waals surface area contributed by atoms with Crippen molar-refractivity contribution in [2.75, 3.05) is 37.7 Å². The van der Waals surface area contributed by atoms with E-state index in [9.17, 15) is 9.18 Å². The number of carbonyl (C=O) groups is 1. The van der Waals surface area contributed by atoms with Crippen molar-refractivity contribution in [1.29, 1.82) is 0 Å². The number of nitrogens with one attached hydrogen (secondary N) is 1. The molecule has 7 nitrogen and oxygen atoms in total. The molecular formula is C18H18FN5O2. The van der Waals surface area contributed by atoms with Crippen LogP contribution in [0.4, 0.5) is 10.2 Å². The summed E-state index contributed by atoms with van der Waals surface area (Å²) in [6.45, 7) is 1.66. The molecule has 4 rings (SSSR count). The number of amides is 1. The average molecular weight is 355 g/mol. The lowest BCUT2D eigenvalue weighted by atomic mass is 10.2. The highest BCUT2D eigenvalue weighted by Crippen LogP contribution is 2.26. The molecule has 0 spiro atoms. The molecule has 0 aliphatic carbocycles. The molecule has 0 saturated carbocycles. The van der Waals surface area contributed by atoms with Gasteiger partial charge in [0.2, 0.25) is 5.91 Å². The molecule has 1 aliphatic rings. The maximum Gasteiger partial charge on any atom is 0.248 e. The highest BCUT2D eigenvalue weighted by atomic mass is 19.1. The summed E-state index contributed by atoms with van der Waals surface area (Å²) in [6, 6.07) is 9.22. The Labute approximate surface area is 149 Å². The Hall–Kier alpha value is -3.00. The monoisotopic (exact) mass is 355 g/mol. The SMILES string of the molecule is O=C(CO)N1CCN(c2cc(-c3nc4ccccc4[nH]3)c(F)cn2)CC1. The molecule has 0 unspecified atom stereocenters. The number of carbonyl (C=O) groups excluding carboxylic acids is 1. The Morgan fingerprint density at radius 2 is 2.00 bits per heavy atom. The third-order valence-electron chi connectivity index (χ3n) is 4.58. The molecule has 8 heteroatoms. The third kappa shape index (κ3) is 2.99. The smallest absolute Gasteiger partial charge is 0.248 e. The number of halogens is 1. The fourth-order valence-corrected chi connectivity index (χ4v) is 3.15. The summed E-state index contributed by atoms with van der Waals surface area (Å²) in [6.07, 6.45) is 1.20. The molecule has 1 fully saturated rings. The first kappa shape index (κ1) is 16.5. The van der Waals surface area contributed by atoms with Gasteiger partial charge in [0.1, 0.15) is 18.2 Å². The number of aliphatic hydroxyl groups is 1. The Morgan fingerprint density at radius 3 is 2.73 bits per heavy atom. The normalized spacial score (nSPS) is 14.8. The van der Waals surface area contributed by atoms with Crippen molar-refractivity contribution >= 4 is 22.8 Å². The van der Waals surface area contributed by atoms with E-state index in [1.54, 1.807) is 11.0 Å². The van der Waals surface area contributed by atoms with Crippen LogP contribution < -0.4 is 4.90 Å². The second-order valence-electron chi connectivity index (χ2n) is 6.15. The van der Waals surface area contributed by atoms with Crippen molar-refractivity contribution in [3.05, 3.63) is 42.3 Å². The minimum atomic E-state index is -0.481. The van der Waals surface area contributed by atoms with Gasteiger partial charge in [-0.2, -0.15) is 0 Å². The molecule has 1 aromatic carbocycles. The number of piperazine rings is 1. The minimum absolute atomic E-state index is 0.278. The molecule has 0 radical (unpaired) electrons. The maximum absolute atomic E-state index is 14.3. The van der Waals surface area contributed by atoms with Crippen LogP contribution in [0.3, 0.4) is 0 Å². The van der Waals surface area contributed by atoms with Crippen molar-refractivity contribution in [2.45, 2.75) is 0 Å². The van der Waals surface area contributed by atoms with Crippen LogP contribution in [0, 0.1) is 5.82 Å². The van der Waals surface area contributed by atoms with Crippen LogP contribution in [0.15, 0.2) is 36.5 Å². The van der Waals surface area contributed by atoms with E-state index >= 15 is 0 Å². The Bertz CT molecular complexity index is 917. The number of hydrogen-bond donors (Lipinski definition) is 2. The van der Waals surface area contributed by atoms with Gasteiger partial charge >= 0.3 is 0 Å². The van der Waals surface area contributed by atoms with Crippen LogP contribution in [0.25, 0.3) is 22.4 Å². The van der Waals surface area contributed by atoms with Crippen LogP contribution in [0.5, 0.6) is 0 Å². The number of nitrogens with zero attached hydrogens (tertiary/aromatic N) is 4. The van der Waals surface area contributed by atoms with E-state index in [4.69, 9.17) is 5.11 Å². The quantitative estimate of drug-likeness (QED) is 0.742. The zero-order chi connectivity index (χ0) is 18.1. The highest BCUT2D eigenvalue weighted by molar-refractivity contribution is 5.80. The van der Waals surface area contributed by atoms with E-state index in [1.807, 2.05) is 29.2 Å². The number of aliphatic hydroxyl groups excluding tert-OH is 1. The van der Waals surface area contributed by atoms with Gasteiger partial charge in [-0.3, -0.25) is 4.79 Å². The second-order valence-corrected chi connectivity index (χ2v) is 6.15. The topological polar surface area (TPSA) is 85.4 Å². The van der Waals surface area contributed by atoms with Crippen LogP contribution in [0.1, 0.15) is 0 Å². The van der Waals surface area contributed by atoms with Gasteiger partial charge in [0.25, 0.3) is 0 Å². The van der Waals surface area contributed by atoms with E-state index in [0.717, 1.165) is 11.0 Å². The number of anilines is 1. The van der Waals surface area contributed by atoms with Gasteiger partial charge < -0.3 is 19.9 Å². The van der Waals surface area contributed by atoms with Crippen LogP contribution >= 0.6 is 0 Å². The molecule has 2 aromatic heterocycles. The Kier molecular flexibility index (Phi) is 4.26. The molecule has 134 valence electrons. The summed E-state index contributed by atoms with van der Waals surface area (Å²) >= 11 is 0. The average Bonchev–Trinajstić information content (AvgIpc) is 3.12. The van der Waals surface area contributed by atoms with Gasteiger partial charge in [-0.05, 0) is 18.2 Å². The Morgan fingerprint density at radius 1 is 1.23 bits per heavy atom.